The Morgan fingerprint density at radius 2 is 2.38 bits per heavy atom. The molecule has 1 aliphatic rings. The number of benzene rings is 1. The maximum absolute atomic E-state index is 12.8. The van der Waals surface area contributed by atoms with E-state index in [2.05, 4.69) is 0 Å². The number of rotatable bonds is 5. The largest absolute Gasteiger partial charge is 0.493 e. The molecular formula is C12H13FO3. The van der Waals surface area contributed by atoms with Crippen molar-refractivity contribution in [3.63, 3.8) is 0 Å². The highest BCUT2D eigenvalue weighted by atomic mass is 19.1. The summed E-state index contributed by atoms with van der Waals surface area (Å²) in [6, 6.07) is 5.95. The first-order valence-corrected chi connectivity index (χ1v) is 5.28. The van der Waals surface area contributed by atoms with Crippen molar-refractivity contribution < 1.29 is 19.0 Å². The maximum atomic E-state index is 12.8. The number of halogens is 1. The standard InChI is InChI=1S/C12H13FO3/c13-9-2-1-3-10(7-9)16-5-4-8-6-11(8)12(14)15/h1-3,7-8,11H,4-6H2,(H,14,15)/t8-,11-/m1/s1. The van der Waals surface area contributed by atoms with Gasteiger partial charge in [0, 0.05) is 6.07 Å². The van der Waals surface area contributed by atoms with Crippen molar-refractivity contribution in [3.05, 3.63) is 30.1 Å². The average Bonchev–Trinajstić information content (AvgIpc) is 2.97. The molecule has 0 unspecified atom stereocenters. The lowest BCUT2D eigenvalue weighted by Crippen LogP contribution is -2.03. The quantitative estimate of drug-likeness (QED) is 0.834. The molecule has 0 amide bonds. The summed E-state index contributed by atoms with van der Waals surface area (Å²) in [5.41, 5.74) is 0. The third kappa shape index (κ3) is 2.72. The van der Waals surface area contributed by atoms with Crippen LogP contribution < -0.4 is 4.74 Å². The number of hydrogen-bond donors (Lipinski definition) is 1. The molecule has 0 heterocycles. The van der Waals surface area contributed by atoms with E-state index in [0.717, 1.165) is 6.42 Å². The van der Waals surface area contributed by atoms with Crippen molar-refractivity contribution >= 4 is 5.97 Å². The van der Waals surface area contributed by atoms with Crippen molar-refractivity contribution in [3.8, 4) is 5.75 Å². The lowest BCUT2D eigenvalue weighted by Gasteiger charge is -2.05. The predicted octanol–water partition coefficient (Wildman–Crippen LogP) is 2.32. The summed E-state index contributed by atoms with van der Waals surface area (Å²) in [7, 11) is 0. The van der Waals surface area contributed by atoms with Gasteiger partial charge >= 0.3 is 5.97 Å². The second-order valence-corrected chi connectivity index (χ2v) is 4.04. The fourth-order valence-electron chi connectivity index (χ4n) is 1.75. The molecule has 1 saturated carbocycles. The molecule has 1 aromatic carbocycles. The number of carbonyl (C=O) groups is 1. The molecule has 2 rings (SSSR count). The van der Waals surface area contributed by atoms with Crippen LogP contribution in [-0.2, 0) is 4.79 Å². The molecule has 0 saturated heterocycles. The summed E-state index contributed by atoms with van der Waals surface area (Å²) in [5, 5.41) is 8.69. The van der Waals surface area contributed by atoms with Gasteiger partial charge in [0.2, 0.25) is 0 Å². The van der Waals surface area contributed by atoms with Crippen LogP contribution in [0.25, 0.3) is 0 Å². The summed E-state index contributed by atoms with van der Waals surface area (Å²) >= 11 is 0. The minimum absolute atomic E-state index is 0.198. The lowest BCUT2D eigenvalue weighted by atomic mass is 10.2. The van der Waals surface area contributed by atoms with Gasteiger partial charge in [-0.25, -0.2) is 4.39 Å². The molecule has 3 nitrogen and oxygen atoms in total. The lowest BCUT2D eigenvalue weighted by molar-refractivity contribution is -0.138. The van der Waals surface area contributed by atoms with Crippen LogP contribution in [0.1, 0.15) is 12.8 Å². The Hall–Kier alpha value is -1.58. The summed E-state index contributed by atoms with van der Waals surface area (Å²) in [6.07, 6.45) is 1.45. The molecule has 0 spiro atoms. The van der Waals surface area contributed by atoms with Gasteiger partial charge < -0.3 is 9.84 Å². The third-order valence-corrected chi connectivity index (χ3v) is 2.79. The molecule has 16 heavy (non-hydrogen) atoms. The van der Waals surface area contributed by atoms with E-state index in [1.54, 1.807) is 12.1 Å². The SMILES string of the molecule is O=C(O)[C@@H]1C[C@H]1CCOc1cccc(F)c1. The van der Waals surface area contributed by atoms with Crippen molar-refractivity contribution in [1.29, 1.82) is 0 Å². The molecule has 2 atom stereocenters. The van der Waals surface area contributed by atoms with Crippen LogP contribution in [0.4, 0.5) is 4.39 Å². The number of carboxylic acid groups (broad SMARTS) is 1. The zero-order chi connectivity index (χ0) is 11.5. The molecular weight excluding hydrogens is 211 g/mol. The number of hydrogen-bond acceptors (Lipinski definition) is 2. The van der Waals surface area contributed by atoms with Gasteiger partial charge in [0.15, 0.2) is 0 Å². The third-order valence-electron chi connectivity index (χ3n) is 2.79. The number of ether oxygens (including phenoxy) is 1. The van der Waals surface area contributed by atoms with Gasteiger partial charge in [-0.2, -0.15) is 0 Å². The minimum Gasteiger partial charge on any atom is -0.493 e. The summed E-state index contributed by atoms with van der Waals surface area (Å²) in [6.45, 7) is 0.442. The first-order valence-electron chi connectivity index (χ1n) is 5.28. The van der Waals surface area contributed by atoms with Gasteiger partial charge in [-0.1, -0.05) is 6.07 Å². The molecule has 1 aliphatic carbocycles. The van der Waals surface area contributed by atoms with Gasteiger partial charge in [0.1, 0.15) is 11.6 Å². The fraction of sp³-hybridized carbons (Fsp3) is 0.417. The van der Waals surface area contributed by atoms with E-state index in [9.17, 15) is 9.18 Å². The highest BCUT2D eigenvalue weighted by Gasteiger charge is 2.42. The molecule has 86 valence electrons. The molecule has 0 radical (unpaired) electrons. The normalized spacial score (nSPS) is 22.8. The fourth-order valence-corrected chi connectivity index (χ4v) is 1.75. The summed E-state index contributed by atoms with van der Waals surface area (Å²) < 4.78 is 18.1. The second kappa shape index (κ2) is 4.51. The number of aliphatic carboxylic acids is 1. The number of carboxylic acids is 1. The van der Waals surface area contributed by atoms with E-state index >= 15 is 0 Å². The molecule has 0 aliphatic heterocycles. The van der Waals surface area contributed by atoms with Gasteiger partial charge in [-0.15, -0.1) is 0 Å². The first-order chi connectivity index (χ1) is 7.66. The van der Waals surface area contributed by atoms with Crippen molar-refractivity contribution in [2.75, 3.05) is 6.61 Å². The van der Waals surface area contributed by atoms with Crippen LogP contribution >= 0.6 is 0 Å². The van der Waals surface area contributed by atoms with Gasteiger partial charge in [0.25, 0.3) is 0 Å². The van der Waals surface area contributed by atoms with Crippen molar-refractivity contribution in [2.45, 2.75) is 12.8 Å². The molecule has 4 heteroatoms. The monoisotopic (exact) mass is 224 g/mol. The Morgan fingerprint density at radius 3 is 3.00 bits per heavy atom. The summed E-state index contributed by atoms with van der Waals surface area (Å²) in [4.78, 5) is 10.6. The first kappa shape index (κ1) is 10.9. The Kier molecular flexibility index (Phi) is 3.08. The molecule has 1 aromatic rings. The van der Waals surface area contributed by atoms with Gasteiger partial charge in [0.05, 0.1) is 12.5 Å². The van der Waals surface area contributed by atoms with Crippen LogP contribution in [-0.4, -0.2) is 17.7 Å². The second-order valence-electron chi connectivity index (χ2n) is 4.04. The Bertz CT molecular complexity index is 392. The van der Waals surface area contributed by atoms with E-state index in [-0.39, 0.29) is 17.7 Å². The van der Waals surface area contributed by atoms with Crippen molar-refractivity contribution in [2.24, 2.45) is 11.8 Å². The van der Waals surface area contributed by atoms with Gasteiger partial charge in [-0.3, -0.25) is 4.79 Å². The zero-order valence-electron chi connectivity index (χ0n) is 8.73. The molecule has 0 aromatic heterocycles. The van der Waals surface area contributed by atoms with E-state index in [4.69, 9.17) is 9.84 Å². The molecule has 1 N–H and O–H groups in total. The zero-order valence-corrected chi connectivity index (χ0v) is 8.73. The smallest absolute Gasteiger partial charge is 0.306 e. The average molecular weight is 224 g/mol. The van der Waals surface area contributed by atoms with Crippen LogP contribution in [0.5, 0.6) is 5.75 Å². The van der Waals surface area contributed by atoms with Crippen LogP contribution in [0.15, 0.2) is 24.3 Å². The highest BCUT2D eigenvalue weighted by molar-refractivity contribution is 5.73. The molecule has 1 fully saturated rings. The highest BCUT2D eigenvalue weighted by Crippen LogP contribution is 2.41. The van der Waals surface area contributed by atoms with E-state index in [0.29, 0.717) is 18.8 Å². The Labute approximate surface area is 92.9 Å². The Balaban J connectivity index is 1.71. The van der Waals surface area contributed by atoms with Crippen LogP contribution in [0.3, 0.4) is 0 Å². The molecule has 0 bridgehead atoms. The van der Waals surface area contributed by atoms with Crippen LogP contribution in [0, 0.1) is 17.7 Å². The Morgan fingerprint density at radius 1 is 1.56 bits per heavy atom. The summed E-state index contributed by atoms with van der Waals surface area (Å²) in [5.74, 6) is -0.530. The minimum atomic E-state index is -0.726. The van der Waals surface area contributed by atoms with E-state index < -0.39 is 5.97 Å². The maximum Gasteiger partial charge on any atom is 0.306 e. The van der Waals surface area contributed by atoms with Crippen molar-refractivity contribution in [1.82, 2.24) is 0 Å². The predicted molar refractivity (Wildman–Crippen MR) is 55.7 cm³/mol. The van der Waals surface area contributed by atoms with Gasteiger partial charge in [-0.05, 0) is 30.9 Å². The van der Waals surface area contributed by atoms with E-state index in [1.165, 1.54) is 12.1 Å². The topological polar surface area (TPSA) is 46.5 Å². The van der Waals surface area contributed by atoms with Crippen LogP contribution in [0.2, 0.25) is 0 Å². The van der Waals surface area contributed by atoms with E-state index in [1.807, 2.05) is 0 Å².